The van der Waals surface area contributed by atoms with Gasteiger partial charge in [-0.25, -0.2) is 8.42 Å². The number of hydrogen-bond donors (Lipinski definition) is 1. The van der Waals surface area contributed by atoms with E-state index in [1.165, 1.54) is 10.4 Å². The number of nitrogens with zero attached hydrogens (tertiary/aromatic N) is 2. The normalized spacial score (nSPS) is 19.5. The molecule has 0 spiro atoms. The van der Waals surface area contributed by atoms with E-state index in [1.807, 2.05) is 7.05 Å². The zero-order valence-electron chi connectivity index (χ0n) is 11.3. The third-order valence-electron chi connectivity index (χ3n) is 3.38. The Morgan fingerprint density at radius 3 is 2.68 bits per heavy atom. The smallest absolute Gasteiger partial charge is 0.246 e. The predicted molar refractivity (Wildman–Crippen MR) is 70.2 cm³/mol. The quantitative estimate of drug-likeness (QED) is 0.872. The molecule has 1 aromatic rings. The van der Waals surface area contributed by atoms with Gasteiger partial charge in [0.25, 0.3) is 0 Å². The summed E-state index contributed by atoms with van der Waals surface area (Å²) in [5, 5.41) is 9.02. The molecule has 1 aliphatic rings. The molecular formula is C12H20N2O4S. The molecule has 0 radical (unpaired) electrons. The molecule has 1 N–H and O–H groups in total. The molecule has 0 unspecified atom stereocenters. The topological polar surface area (TPSA) is 74.0 Å². The summed E-state index contributed by atoms with van der Waals surface area (Å²) in [5.74, 6) is 0.615. The van der Waals surface area contributed by atoms with E-state index in [2.05, 4.69) is 4.90 Å². The predicted octanol–water partition coefficient (Wildman–Crippen LogP) is 0.407. The molecule has 1 fully saturated rings. The van der Waals surface area contributed by atoms with Crippen molar-refractivity contribution in [2.75, 3.05) is 33.2 Å². The molecule has 1 aromatic heterocycles. The van der Waals surface area contributed by atoms with Gasteiger partial charge in [0.15, 0.2) is 0 Å². The van der Waals surface area contributed by atoms with Gasteiger partial charge in [-0.2, -0.15) is 4.31 Å². The number of rotatable bonds is 3. The molecule has 2 heterocycles. The number of aryl methyl sites for hydroxylation is 1. The Morgan fingerprint density at radius 1 is 1.32 bits per heavy atom. The summed E-state index contributed by atoms with van der Waals surface area (Å²) in [7, 11) is -1.54. The summed E-state index contributed by atoms with van der Waals surface area (Å²) in [5.41, 5.74) is 0. The average Bonchev–Trinajstić information content (AvgIpc) is 2.60. The molecule has 19 heavy (non-hydrogen) atoms. The first-order valence-electron chi connectivity index (χ1n) is 6.34. The van der Waals surface area contributed by atoms with Gasteiger partial charge in [0, 0.05) is 25.7 Å². The van der Waals surface area contributed by atoms with Crippen LogP contribution in [0.2, 0.25) is 0 Å². The Morgan fingerprint density at radius 2 is 2.05 bits per heavy atom. The van der Waals surface area contributed by atoms with E-state index in [-0.39, 0.29) is 17.3 Å². The lowest BCUT2D eigenvalue weighted by molar-refractivity contribution is 0.244. The SMILES string of the molecule is Cc1oc(CO)cc1S(=O)(=O)N1CCCN(C)CC1. The molecule has 0 saturated carbocycles. The van der Waals surface area contributed by atoms with Crippen molar-refractivity contribution >= 4 is 10.0 Å². The van der Waals surface area contributed by atoms with Crippen molar-refractivity contribution in [2.45, 2.75) is 24.8 Å². The second-order valence-corrected chi connectivity index (χ2v) is 6.76. The highest BCUT2D eigenvalue weighted by Crippen LogP contribution is 2.24. The molecule has 2 rings (SSSR count). The van der Waals surface area contributed by atoms with Crippen LogP contribution in [0.25, 0.3) is 0 Å². The minimum atomic E-state index is -3.53. The van der Waals surface area contributed by atoms with Gasteiger partial charge in [-0.05, 0) is 26.9 Å². The third-order valence-corrected chi connectivity index (χ3v) is 5.38. The first-order chi connectivity index (χ1) is 8.95. The molecule has 0 aliphatic carbocycles. The number of furan rings is 1. The van der Waals surface area contributed by atoms with Crippen LogP contribution in [0.3, 0.4) is 0 Å². The van der Waals surface area contributed by atoms with Crippen molar-refractivity contribution < 1.29 is 17.9 Å². The summed E-state index contributed by atoms with van der Waals surface area (Å²) < 4.78 is 31.8. The summed E-state index contributed by atoms with van der Waals surface area (Å²) in [6.07, 6.45) is 0.819. The maximum Gasteiger partial charge on any atom is 0.246 e. The standard InChI is InChI=1S/C12H20N2O4S/c1-10-12(8-11(9-15)18-10)19(16,17)14-5-3-4-13(2)6-7-14/h8,15H,3-7,9H2,1-2H3. The van der Waals surface area contributed by atoms with Crippen LogP contribution in [0.4, 0.5) is 0 Å². The largest absolute Gasteiger partial charge is 0.462 e. The van der Waals surface area contributed by atoms with Crippen LogP contribution in [-0.2, 0) is 16.6 Å². The maximum atomic E-state index is 12.6. The van der Waals surface area contributed by atoms with Crippen LogP contribution in [-0.4, -0.2) is 56.0 Å². The fraction of sp³-hybridized carbons (Fsp3) is 0.667. The zero-order chi connectivity index (χ0) is 14.0. The minimum absolute atomic E-state index is 0.168. The monoisotopic (exact) mass is 288 g/mol. The number of hydrogen-bond acceptors (Lipinski definition) is 5. The van der Waals surface area contributed by atoms with Crippen LogP contribution < -0.4 is 0 Å². The number of aliphatic hydroxyl groups excluding tert-OH is 1. The number of likely N-dealkylation sites (N-methyl/N-ethyl adjacent to an activating group) is 1. The van der Waals surface area contributed by atoms with Gasteiger partial charge < -0.3 is 14.4 Å². The van der Waals surface area contributed by atoms with Gasteiger partial charge in [0.05, 0.1) is 0 Å². The maximum absolute atomic E-state index is 12.6. The van der Waals surface area contributed by atoms with E-state index < -0.39 is 10.0 Å². The van der Waals surface area contributed by atoms with Crippen LogP contribution in [0.5, 0.6) is 0 Å². The van der Waals surface area contributed by atoms with Crippen molar-refractivity contribution in [3.05, 3.63) is 17.6 Å². The van der Waals surface area contributed by atoms with Gasteiger partial charge in [0.2, 0.25) is 10.0 Å². The summed E-state index contributed by atoms with van der Waals surface area (Å²) in [6.45, 7) is 3.94. The van der Waals surface area contributed by atoms with Gasteiger partial charge in [-0.1, -0.05) is 0 Å². The van der Waals surface area contributed by atoms with Gasteiger partial charge in [0.1, 0.15) is 23.0 Å². The molecule has 0 atom stereocenters. The zero-order valence-corrected chi connectivity index (χ0v) is 12.1. The van der Waals surface area contributed by atoms with Gasteiger partial charge in [-0.3, -0.25) is 0 Å². The Labute approximate surface area is 113 Å². The van der Waals surface area contributed by atoms with Gasteiger partial charge >= 0.3 is 0 Å². The van der Waals surface area contributed by atoms with E-state index in [0.717, 1.165) is 19.5 Å². The fourth-order valence-corrected chi connectivity index (χ4v) is 3.92. The van der Waals surface area contributed by atoms with Crippen molar-refractivity contribution in [3.8, 4) is 0 Å². The van der Waals surface area contributed by atoms with E-state index in [9.17, 15) is 8.42 Å². The van der Waals surface area contributed by atoms with E-state index in [0.29, 0.717) is 18.8 Å². The van der Waals surface area contributed by atoms with Crippen LogP contribution in [0.15, 0.2) is 15.4 Å². The van der Waals surface area contributed by atoms with Crippen molar-refractivity contribution in [1.29, 1.82) is 0 Å². The Balaban J connectivity index is 2.28. The highest BCUT2D eigenvalue weighted by atomic mass is 32.2. The van der Waals surface area contributed by atoms with E-state index in [1.54, 1.807) is 6.92 Å². The Hall–Kier alpha value is -0.890. The molecule has 0 aromatic carbocycles. The lowest BCUT2D eigenvalue weighted by Gasteiger charge is -2.19. The Bertz CT molecular complexity index is 538. The highest BCUT2D eigenvalue weighted by molar-refractivity contribution is 7.89. The fourth-order valence-electron chi connectivity index (χ4n) is 2.26. The van der Waals surface area contributed by atoms with E-state index >= 15 is 0 Å². The summed E-state index contributed by atoms with van der Waals surface area (Å²) >= 11 is 0. The lowest BCUT2D eigenvalue weighted by Crippen LogP contribution is -2.34. The second kappa shape index (κ2) is 5.62. The third kappa shape index (κ3) is 3.00. The summed E-state index contributed by atoms with van der Waals surface area (Å²) in [6, 6.07) is 1.42. The molecule has 108 valence electrons. The number of sulfonamides is 1. The van der Waals surface area contributed by atoms with Crippen molar-refractivity contribution in [3.63, 3.8) is 0 Å². The van der Waals surface area contributed by atoms with E-state index in [4.69, 9.17) is 9.52 Å². The van der Waals surface area contributed by atoms with Crippen LogP contribution in [0.1, 0.15) is 17.9 Å². The summed E-state index contributed by atoms with van der Waals surface area (Å²) in [4.78, 5) is 2.29. The molecule has 0 amide bonds. The van der Waals surface area contributed by atoms with Gasteiger partial charge in [-0.15, -0.1) is 0 Å². The van der Waals surface area contributed by atoms with Crippen molar-refractivity contribution in [2.24, 2.45) is 0 Å². The van der Waals surface area contributed by atoms with Crippen molar-refractivity contribution in [1.82, 2.24) is 9.21 Å². The molecular weight excluding hydrogens is 268 g/mol. The first kappa shape index (κ1) is 14.5. The molecule has 0 bridgehead atoms. The minimum Gasteiger partial charge on any atom is -0.462 e. The lowest BCUT2D eigenvalue weighted by atomic mass is 10.4. The highest BCUT2D eigenvalue weighted by Gasteiger charge is 2.29. The molecule has 7 heteroatoms. The average molecular weight is 288 g/mol. The molecule has 1 saturated heterocycles. The van der Waals surface area contributed by atoms with Crippen LogP contribution >= 0.6 is 0 Å². The Kier molecular flexibility index (Phi) is 4.29. The molecule has 1 aliphatic heterocycles. The van der Waals surface area contributed by atoms with Crippen LogP contribution in [0, 0.1) is 6.92 Å². The second-order valence-electron chi connectivity index (χ2n) is 4.85. The first-order valence-corrected chi connectivity index (χ1v) is 7.78. The number of aliphatic hydroxyl groups is 1. The molecule has 6 nitrogen and oxygen atoms in total.